The molecule has 0 aromatic heterocycles. The predicted molar refractivity (Wildman–Crippen MR) is 126 cm³/mol. The number of halogens is 1. The zero-order valence-corrected chi connectivity index (χ0v) is 19.1. The molecule has 2 rings (SSSR count). The van der Waals surface area contributed by atoms with Gasteiger partial charge >= 0.3 is 0 Å². The van der Waals surface area contributed by atoms with Crippen molar-refractivity contribution in [2.24, 2.45) is 0 Å². The van der Waals surface area contributed by atoms with E-state index in [1.807, 2.05) is 68.5 Å². The molecule has 3 nitrogen and oxygen atoms in total. The van der Waals surface area contributed by atoms with E-state index in [1.165, 1.54) is 5.57 Å². The summed E-state index contributed by atoms with van der Waals surface area (Å²) in [6.07, 6.45) is 4.70. The first-order valence-corrected chi connectivity index (χ1v) is 10.5. The van der Waals surface area contributed by atoms with E-state index in [-0.39, 0.29) is 5.91 Å². The number of aryl methyl sites for hydroxylation is 1. The van der Waals surface area contributed by atoms with Gasteiger partial charge in [-0.3, -0.25) is 4.79 Å². The van der Waals surface area contributed by atoms with Gasteiger partial charge in [0, 0.05) is 11.6 Å². The lowest BCUT2D eigenvalue weighted by Gasteiger charge is -2.09. The zero-order chi connectivity index (χ0) is 22.1. The maximum absolute atomic E-state index is 12.6. The van der Waals surface area contributed by atoms with Gasteiger partial charge in [-0.25, -0.2) is 0 Å². The Morgan fingerprint density at radius 3 is 2.33 bits per heavy atom. The summed E-state index contributed by atoms with van der Waals surface area (Å²) in [6.45, 7) is 10.4. The van der Waals surface area contributed by atoms with Crippen LogP contribution in [0.25, 0.3) is 0 Å². The summed E-state index contributed by atoms with van der Waals surface area (Å²) in [5.41, 5.74) is 5.03. The van der Waals surface area contributed by atoms with E-state index in [1.54, 1.807) is 13.0 Å². The Labute approximate surface area is 185 Å². The summed E-state index contributed by atoms with van der Waals surface area (Å²) in [4.78, 5) is 12.6. The average molecular weight is 424 g/mol. The third-order valence-corrected chi connectivity index (χ3v) is 5.12. The topological polar surface area (TPSA) is 38.3 Å². The molecule has 0 aliphatic heterocycles. The van der Waals surface area contributed by atoms with Crippen molar-refractivity contribution in [2.75, 3.05) is 0 Å². The fourth-order valence-corrected chi connectivity index (χ4v) is 2.89. The lowest BCUT2D eigenvalue weighted by Crippen LogP contribution is -2.24. The quantitative estimate of drug-likeness (QED) is 0.359. The van der Waals surface area contributed by atoms with Gasteiger partial charge in [-0.2, -0.15) is 0 Å². The molecule has 1 amide bonds. The van der Waals surface area contributed by atoms with Gasteiger partial charge in [0.25, 0.3) is 5.91 Å². The standard InChI is InChI=1S/C26H30ClNO2/c1-6-19(3)20(4)10-15-25(21(5)27)26(29)28-17-22-11-13-23(14-12-22)30-24-9-7-8-18(2)16-24/h7-16H,6,17H2,1-5H3,(H,28,29)/b15-10-,20-19?,25-21-. The fourth-order valence-electron chi connectivity index (χ4n) is 2.74. The van der Waals surface area contributed by atoms with Crippen LogP contribution in [0.2, 0.25) is 0 Å². The number of amides is 1. The van der Waals surface area contributed by atoms with Gasteiger partial charge in [0.05, 0.1) is 5.57 Å². The van der Waals surface area contributed by atoms with E-state index in [0.717, 1.165) is 34.6 Å². The van der Waals surface area contributed by atoms with Gasteiger partial charge in [0.1, 0.15) is 11.5 Å². The number of nitrogens with one attached hydrogen (secondary N) is 1. The molecular formula is C26H30ClNO2. The summed E-state index contributed by atoms with van der Waals surface area (Å²) in [5.74, 6) is 1.36. The molecule has 0 unspecified atom stereocenters. The smallest absolute Gasteiger partial charge is 0.252 e. The molecule has 2 aromatic carbocycles. The number of hydrogen-bond acceptors (Lipinski definition) is 2. The molecule has 0 spiro atoms. The first-order valence-electron chi connectivity index (χ1n) is 10.1. The van der Waals surface area contributed by atoms with Crippen LogP contribution < -0.4 is 10.1 Å². The highest BCUT2D eigenvalue weighted by Gasteiger charge is 2.09. The van der Waals surface area contributed by atoms with Crippen molar-refractivity contribution in [2.45, 2.75) is 47.6 Å². The summed E-state index contributed by atoms with van der Waals surface area (Å²) < 4.78 is 5.87. The van der Waals surface area contributed by atoms with E-state index in [0.29, 0.717) is 17.2 Å². The van der Waals surface area contributed by atoms with Crippen LogP contribution in [0.4, 0.5) is 0 Å². The molecule has 0 saturated heterocycles. The first kappa shape index (κ1) is 23.5. The number of rotatable bonds is 8. The maximum Gasteiger partial charge on any atom is 0.252 e. The number of ether oxygens (including phenoxy) is 1. The van der Waals surface area contributed by atoms with Crippen molar-refractivity contribution < 1.29 is 9.53 Å². The van der Waals surface area contributed by atoms with Crippen LogP contribution >= 0.6 is 11.6 Å². The van der Waals surface area contributed by atoms with Gasteiger partial charge in [-0.05, 0) is 75.6 Å². The molecule has 0 fully saturated rings. The molecule has 0 bridgehead atoms. The lowest BCUT2D eigenvalue weighted by molar-refractivity contribution is -0.117. The number of benzene rings is 2. The SMILES string of the molecule is CCC(C)=C(C)/C=C\C(C(=O)NCc1ccc(Oc2cccc(C)c2)cc1)=C(/C)Cl. The average Bonchev–Trinajstić information content (AvgIpc) is 2.72. The minimum atomic E-state index is -0.194. The largest absolute Gasteiger partial charge is 0.457 e. The maximum atomic E-state index is 12.6. The zero-order valence-electron chi connectivity index (χ0n) is 18.4. The Balaban J connectivity index is 1.99. The second-order valence-electron chi connectivity index (χ2n) is 7.34. The monoisotopic (exact) mass is 423 g/mol. The van der Waals surface area contributed by atoms with Crippen molar-refractivity contribution in [3.8, 4) is 11.5 Å². The first-order chi connectivity index (χ1) is 14.3. The second-order valence-corrected chi connectivity index (χ2v) is 7.91. The highest BCUT2D eigenvalue weighted by atomic mass is 35.5. The molecule has 0 heterocycles. The fraction of sp³-hybridized carbons (Fsp3) is 0.269. The van der Waals surface area contributed by atoms with Crippen molar-refractivity contribution in [3.63, 3.8) is 0 Å². The Morgan fingerprint density at radius 1 is 1.03 bits per heavy atom. The van der Waals surface area contributed by atoms with Crippen LogP contribution in [0.15, 0.2) is 82.4 Å². The molecule has 4 heteroatoms. The number of carbonyl (C=O) groups is 1. The van der Waals surface area contributed by atoms with E-state index in [2.05, 4.69) is 19.2 Å². The highest BCUT2D eigenvalue weighted by molar-refractivity contribution is 6.31. The van der Waals surface area contributed by atoms with E-state index in [4.69, 9.17) is 16.3 Å². The third kappa shape index (κ3) is 7.23. The third-order valence-electron chi connectivity index (χ3n) is 4.92. The Bertz CT molecular complexity index is 965. The Morgan fingerprint density at radius 2 is 1.73 bits per heavy atom. The van der Waals surface area contributed by atoms with E-state index < -0.39 is 0 Å². The summed E-state index contributed by atoms with van der Waals surface area (Å²) in [6, 6.07) is 15.6. The molecule has 1 N–H and O–H groups in total. The second kappa shape index (κ2) is 11.4. The molecule has 30 heavy (non-hydrogen) atoms. The summed E-state index contributed by atoms with van der Waals surface area (Å²) in [7, 11) is 0. The number of carbonyl (C=O) groups excluding carboxylic acids is 1. The van der Waals surface area contributed by atoms with Crippen molar-refractivity contribution >= 4 is 17.5 Å². The minimum Gasteiger partial charge on any atom is -0.457 e. The summed E-state index contributed by atoms with van der Waals surface area (Å²) in [5, 5.41) is 3.40. The van der Waals surface area contributed by atoms with Gasteiger partial charge in [-0.1, -0.05) is 60.0 Å². The molecular weight excluding hydrogens is 394 g/mol. The lowest BCUT2D eigenvalue weighted by atomic mass is 10.1. The number of hydrogen-bond donors (Lipinski definition) is 1. The van der Waals surface area contributed by atoms with Crippen LogP contribution in [0.3, 0.4) is 0 Å². The van der Waals surface area contributed by atoms with Crippen molar-refractivity contribution in [3.05, 3.63) is 93.6 Å². The minimum absolute atomic E-state index is 0.194. The van der Waals surface area contributed by atoms with Crippen LogP contribution in [-0.4, -0.2) is 5.91 Å². The van der Waals surface area contributed by atoms with Gasteiger partial charge < -0.3 is 10.1 Å². The number of allylic oxidation sites excluding steroid dienone is 4. The summed E-state index contributed by atoms with van der Waals surface area (Å²) >= 11 is 6.16. The Kier molecular flexibility index (Phi) is 8.94. The van der Waals surface area contributed by atoms with Gasteiger partial charge in [0.15, 0.2) is 0 Å². The van der Waals surface area contributed by atoms with Crippen molar-refractivity contribution in [1.82, 2.24) is 5.32 Å². The van der Waals surface area contributed by atoms with Crippen LogP contribution in [0.5, 0.6) is 11.5 Å². The molecule has 0 atom stereocenters. The normalized spacial score (nSPS) is 13.0. The molecule has 0 aliphatic rings. The molecule has 0 aliphatic carbocycles. The molecule has 0 saturated carbocycles. The van der Waals surface area contributed by atoms with Gasteiger partial charge in [-0.15, -0.1) is 0 Å². The van der Waals surface area contributed by atoms with Gasteiger partial charge in [0.2, 0.25) is 0 Å². The van der Waals surface area contributed by atoms with E-state index in [9.17, 15) is 4.79 Å². The predicted octanol–water partition coefficient (Wildman–Crippen LogP) is 7.22. The van der Waals surface area contributed by atoms with Crippen LogP contribution in [0, 0.1) is 6.92 Å². The molecule has 2 aromatic rings. The van der Waals surface area contributed by atoms with Crippen LogP contribution in [-0.2, 0) is 11.3 Å². The highest BCUT2D eigenvalue weighted by Crippen LogP contribution is 2.22. The molecule has 158 valence electrons. The van der Waals surface area contributed by atoms with E-state index >= 15 is 0 Å². The van der Waals surface area contributed by atoms with Crippen LogP contribution in [0.1, 0.15) is 45.2 Å². The molecule has 0 radical (unpaired) electrons. The van der Waals surface area contributed by atoms with Crippen molar-refractivity contribution in [1.29, 1.82) is 0 Å². The Hall–Kier alpha value is -2.78.